The van der Waals surface area contributed by atoms with Crippen molar-refractivity contribution in [3.8, 4) is 16.9 Å². The Morgan fingerprint density at radius 1 is 0.961 bits per heavy atom. The van der Waals surface area contributed by atoms with Gasteiger partial charge in [0.05, 0.1) is 26.4 Å². The Kier molecular flexibility index (Phi) is 12.3. The summed E-state index contributed by atoms with van der Waals surface area (Å²) in [6, 6.07) is 29.9. The predicted molar refractivity (Wildman–Crippen MR) is 199 cm³/mol. The van der Waals surface area contributed by atoms with E-state index < -0.39 is 24.3 Å². The van der Waals surface area contributed by atoms with Gasteiger partial charge in [-0.25, -0.2) is 0 Å². The number of aliphatic hydroxyl groups is 2. The van der Waals surface area contributed by atoms with Crippen molar-refractivity contribution in [3.05, 3.63) is 119 Å². The molecule has 0 aliphatic carbocycles. The molecule has 10 heteroatoms. The van der Waals surface area contributed by atoms with Crippen LogP contribution in [-0.4, -0.2) is 72.4 Å². The van der Waals surface area contributed by atoms with Crippen LogP contribution in [0.4, 0.5) is 5.69 Å². The van der Waals surface area contributed by atoms with E-state index in [1.807, 2.05) is 118 Å². The lowest BCUT2D eigenvalue weighted by Crippen LogP contribution is -2.53. The maximum Gasteiger partial charge on any atom is 0.251 e. The zero-order chi connectivity index (χ0) is 36.5. The highest BCUT2D eigenvalue weighted by Gasteiger charge is 2.39. The van der Waals surface area contributed by atoms with Gasteiger partial charge in [0.1, 0.15) is 11.8 Å². The number of carbonyl (C=O) groups is 3. The van der Waals surface area contributed by atoms with E-state index in [1.54, 1.807) is 12.0 Å². The number of nitrogens with zero attached hydrogens (tertiary/aromatic N) is 1. The van der Waals surface area contributed by atoms with Crippen molar-refractivity contribution in [3.63, 3.8) is 0 Å². The van der Waals surface area contributed by atoms with Crippen molar-refractivity contribution in [1.82, 2.24) is 16.0 Å². The molecule has 0 saturated heterocycles. The third kappa shape index (κ3) is 9.21. The Morgan fingerprint density at radius 3 is 2.33 bits per heavy atom. The maximum atomic E-state index is 14.8. The SMILES string of the molecule is CCNC(=O)c1ccccc1-c1ccc(CN2C(=O)C(NC(=O)CC(C)(C)NC[C@H](O)CO)C(c3ccc(OC)cc3)Cc3ccccc32)cc1. The molecule has 2 unspecified atom stereocenters. The zero-order valence-electron chi connectivity index (χ0n) is 29.7. The molecule has 4 aromatic carbocycles. The third-order valence-electron chi connectivity index (χ3n) is 9.26. The number of ether oxygens (including phenoxy) is 1. The summed E-state index contributed by atoms with van der Waals surface area (Å²) in [5.74, 6) is -0.370. The Morgan fingerprint density at radius 2 is 1.65 bits per heavy atom. The summed E-state index contributed by atoms with van der Waals surface area (Å²) in [6.07, 6.45) is -0.405. The molecule has 0 fully saturated rings. The highest BCUT2D eigenvalue weighted by Crippen LogP contribution is 2.37. The standard InChI is InChI=1S/C41H48N4O6/c1-5-42-39(49)34-12-8-7-11-33(34)28-16-14-27(15-17-28)25-45-36-13-9-6-10-30(36)22-35(29-18-20-32(51-4)21-19-29)38(40(45)50)44-37(48)23-41(2,3)43-24-31(47)26-46/h6-21,31,35,38,43,46-47H,5,22-26H2,1-4H3,(H,42,49)(H,44,48)/t31-,35?,38?/m0/s1. The largest absolute Gasteiger partial charge is 0.497 e. The lowest BCUT2D eigenvalue weighted by molar-refractivity contribution is -0.128. The summed E-state index contributed by atoms with van der Waals surface area (Å²) in [5, 5.41) is 28.2. The number of carbonyl (C=O) groups excluding carboxylic acids is 3. The van der Waals surface area contributed by atoms with Crippen molar-refractivity contribution in [1.29, 1.82) is 0 Å². The molecule has 3 amide bonds. The van der Waals surface area contributed by atoms with Crippen molar-refractivity contribution in [2.45, 2.75) is 63.8 Å². The van der Waals surface area contributed by atoms with E-state index in [0.717, 1.165) is 33.5 Å². The van der Waals surface area contributed by atoms with Gasteiger partial charge >= 0.3 is 0 Å². The minimum Gasteiger partial charge on any atom is -0.497 e. The van der Waals surface area contributed by atoms with Crippen molar-refractivity contribution in [2.24, 2.45) is 0 Å². The van der Waals surface area contributed by atoms with Gasteiger partial charge in [-0.1, -0.05) is 72.8 Å². The number of hydrogen-bond donors (Lipinski definition) is 5. The third-order valence-corrected chi connectivity index (χ3v) is 9.26. The van der Waals surface area contributed by atoms with E-state index >= 15 is 0 Å². The molecule has 5 rings (SSSR count). The van der Waals surface area contributed by atoms with Gasteiger partial charge in [-0.3, -0.25) is 14.4 Å². The van der Waals surface area contributed by atoms with E-state index in [0.29, 0.717) is 24.3 Å². The number of rotatable bonds is 14. The van der Waals surface area contributed by atoms with Crippen LogP contribution in [-0.2, 0) is 22.6 Å². The maximum absolute atomic E-state index is 14.8. The number of para-hydroxylation sites is 1. The molecule has 1 aliphatic rings. The van der Waals surface area contributed by atoms with Crippen LogP contribution in [0.3, 0.4) is 0 Å². The smallest absolute Gasteiger partial charge is 0.251 e. The zero-order valence-corrected chi connectivity index (χ0v) is 29.7. The number of fused-ring (bicyclic) bond motifs is 1. The molecule has 51 heavy (non-hydrogen) atoms. The first kappa shape index (κ1) is 37.2. The fraction of sp³-hybridized carbons (Fsp3) is 0.341. The number of benzene rings is 4. The topological polar surface area (TPSA) is 140 Å². The monoisotopic (exact) mass is 692 g/mol. The minimum absolute atomic E-state index is 0.0381. The van der Waals surface area contributed by atoms with Crippen LogP contribution in [0.25, 0.3) is 11.1 Å². The molecule has 3 atom stereocenters. The van der Waals surface area contributed by atoms with Crippen LogP contribution in [0.15, 0.2) is 97.1 Å². The van der Waals surface area contributed by atoms with Crippen LogP contribution in [0, 0.1) is 0 Å². The molecular formula is C41H48N4O6. The Labute approximate surface area is 299 Å². The Bertz CT molecular complexity index is 1810. The molecule has 268 valence electrons. The van der Waals surface area contributed by atoms with Gasteiger partial charge in [0.2, 0.25) is 5.91 Å². The van der Waals surface area contributed by atoms with E-state index in [1.165, 1.54) is 0 Å². The number of nitrogens with one attached hydrogen (secondary N) is 3. The van der Waals surface area contributed by atoms with E-state index in [9.17, 15) is 24.6 Å². The lowest BCUT2D eigenvalue weighted by atomic mass is 9.85. The summed E-state index contributed by atoms with van der Waals surface area (Å²) < 4.78 is 5.40. The molecule has 10 nitrogen and oxygen atoms in total. The molecule has 1 heterocycles. The van der Waals surface area contributed by atoms with Gasteiger partial charge in [-0.2, -0.15) is 0 Å². The van der Waals surface area contributed by atoms with Crippen LogP contribution in [0.2, 0.25) is 0 Å². The van der Waals surface area contributed by atoms with Crippen molar-refractivity contribution < 1.29 is 29.3 Å². The second kappa shape index (κ2) is 16.8. The van der Waals surface area contributed by atoms with Gasteiger partial charge in [-0.05, 0) is 79.3 Å². The quantitative estimate of drug-likeness (QED) is 0.130. The summed E-state index contributed by atoms with van der Waals surface area (Å²) in [4.78, 5) is 43.0. The molecule has 0 spiro atoms. The number of methoxy groups -OCH3 is 1. The molecule has 0 aromatic heterocycles. The first-order valence-electron chi connectivity index (χ1n) is 17.4. The number of β-amino-alcohol motifs (C(OH)–C–C–N with tert-alkyl or cyclic N) is 1. The van der Waals surface area contributed by atoms with Gasteiger partial charge in [0.15, 0.2) is 0 Å². The van der Waals surface area contributed by atoms with E-state index in [4.69, 9.17) is 4.74 Å². The summed E-state index contributed by atoms with van der Waals surface area (Å²) in [7, 11) is 1.60. The molecule has 1 aliphatic heterocycles. The molecule has 0 radical (unpaired) electrons. The van der Waals surface area contributed by atoms with Gasteiger partial charge in [0, 0.05) is 42.2 Å². The molecule has 0 bridgehead atoms. The van der Waals surface area contributed by atoms with Crippen molar-refractivity contribution >= 4 is 23.4 Å². The fourth-order valence-electron chi connectivity index (χ4n) is 6.56. The average molecular weight is 693 g/mol. The van der Waals surface area contributed by atoms with Crippen LogP contribution in [0.5, 0.6) is 5.75 Å². The Hall–Kier alpha value is -5.03. The summed E-state index contributed by atoms with van der Waals surface area (Å²) in [6.45, 7) is 6.09. The molecular weight excluding hydrogens is 644 g/mol. The van der Waals surface area contributed by atoms with Gasteiger partial charge in [-0.15, -0.1) is 0 Å². The van der Waals surface area contributed by atoms with Gasteiger partial charge in [0.25, 0.3) is 11.8 Å². The Balaban J connectivity index is 1.47. The van der Waals surface area contributed by atoms with Crippen LogP contribution in [0.1, 0.15) is 60.2 Å². The normalized spacial score (nSPS) is 16.5. The first-order valence-corrected chi connectivity index (χ1v) is 17.4. The highest BCUT2D eigenvalue weighted by molar-refractivity contribution is 6.02. The second-order valence-corrected chi connectivity index (χ2v) is 13.6. The van der Waals surface area contributed by atoms with E-state index in [-0.39, 0.29) is 43.1 Å². The fourth-order valence-corrected chi connectivity index (χ4v) is 6.56. The molecule has 4 aromatic rings. The molecule has 5 N–H and O–H groups in total. The van der Waals surface area contributed by atoms with Gasteiger partial charge < -0.3 is 35.8 Å². The first-order chi connectivity index (χ1) is 24.5. The number of anilines is 1. The van der Waals surface area contributed by atoms with E-state index in [2.05, 4.69) is 16.0 Å². The minimum atomic E-state index is -0.952. The number of aliphatic hydroxyl groups excluding tert-OH is 2. The summed E-state index contributed by atoms with van der Waals surface area (Å²) in [5.41, 5.74) is 5.12. The second-order valence-electron chi connectivity index (χ2n) is 13.6. The number of amides is 3. The predicted octanol–water partition coefficient (Wildman–Crippen LogP) is 4.58. The van der Waals surface area contributed by atoms with Crippen molar-refractivity contribution in [2.75, 3.05) is 31.7 Å². The number of hydrogen-bond acceptors (Lipinski definition) is 7. The van der Waals surface area contributed by atoms with Crippen LogP contribution < -0.4 is 25.6 Å². The summed E-state index contributed by atoms with van der Waals surface area (Å²) >= 11 is 0. The van der Waals surface area contributed by atoms with Crippen LogP contribution >= 0.6 is 0 Å². The molecule has 0 saturated carbocycles. The average Bonchev–Trinajstić information content (AvgIpc) is 3.24. The lowest BCUT2D eigenvalue weighted by Gasteiger charge is -2.32. The highest BCUT2D eigenvalue weighted by atomic mass is 16.5.